The smallest absolute Gasteiger partial charge is 0.382 e. The van der Waals surface area contributed by atoms with Gasteiger partial charge in [0.15, 0.2) is 5.78 Å². The summed E-state index contributed by atoms with van der Waals surface area (Å²) in [7, 11) is 1.31. The van der Waals surface area contributed by atoms with E-state index in [1.54, 1.807) is 0 Å². The molecule has 0 heterocycles. The van der Waals surface area contributed by atoms with Gasteiger partial charge in [0.05, 0.1) is 12.2 Å². The largest absolute Gasteiger partial charge is 0.416 e. The Morgan fingerprint density at radius 1 is 1.20 bits per heavy atom. The highest BCUT2D eigenvalue weighted by atomic mass is 19.4. The summed E-state index contributed by atoms with van der Waals surface area (Å²) < 4.78 is 70.3. The van der Waals surface area contributed by atoms with Crippen LogP contribution < -0.4 is 5.32 Å². The molecule has 25 heavy (non-hydrogen) atoms. The van der Waals surface area contributed by atoms with Crippen molar-refractivity contribution in [3.8, 4) is 0 Å². The monoisotopic (exact) mass is 367 g/mol. The zero-order valence-electron chi connectivity index (χ0n) is 13.6. The molecule has 0 fully saturated rings. The number of ether oxygens (including phenoxy) is 1. The molecule has 140 valence electrons. The molecule has 0 saturated heterocycles. The number of amides is 1. The van der Waals surface area contributed by atoms with Gasteiger partial charge >= 0.3 is 6.18 Å². The molecular weight excluding hydrogens is 349 g/mol. The van der Waals surface area contributed by atoms with Gasteiger partial charge in [0.25, 0.3) is 5.92 Å². The second kappa shape index (κ2) is 8.37. The first-order valence-corrected chi connectivity index (χ1v) is 7.30. The van der Waals surface area contributed by atoms with Gasteiger partial charge in [-0.3, -0.25) is 9.59 Å². The van der Waals surface area contributed by atoms with E-state index < -0.39 is 35.1 Å². The molecule has 1 N–H and O–H groups in total. The Kier molecular flexibility index (Phi) is 7.04. The standard InChI is InChI=1S/C16H18F5NO3/c1-15(17,18)11-5-10(6-12(7-11)16(19,20)21)3-4-14(24)13(8-25-2)22-9-23/h5-7,9,13H,3-4,8H2,1-2H3,(H,22,23)/t13-/m1/s1. The second-order valence-electron chi connectivity index (χ2n) is 5.56. The number of halogens is 5. The maximum Gasteiger partial charge on any atom is 0.416 e. The van der Waals surface area contributed by atoms with Gasteiger partial charge < -0.3 is 10.1 Å². The van der Waals surface area contributed by atoms with Crippen molar-refractivity contribution in [1.82, 2.24) is 5.32 Å². The van der Waals surface area contributed by atoms with Crippen LogP contribution in [0, 0.1) is 0 Å². The van der Waals surface area contributed by atoms with Gasteiger partial charge in [-0.05, 0) is 30.2 Å². The number of hydrogen-bond donors (Lipinski definition) is 1. The van der Waals surface area contributed by atoms with Crippen LogP contribution in [0.4, 0.5) is 22.0 Å². The molecule has 1 atom stereocenters. The molecule has 0 aromatic heterocycles. The summed E-state index contributed by atoms with van der Waals surface area (Å²) in [6.07, 6.45) is -4.88. The minimum absolute atomic E-state index is 0.0398. The minimum Gasteiger partial charge on any atom is -0.382 e. The molecule has 0 bridgehead atoms. The van der Waals surface area contributed by atoms with Crippen molar-refractivity contribution < 1.29 is 36.3 Å². The number of aryl methyl sites for hydroxylation is 1. The first-order valence-electron chi connectivity index (χ1n) is 7.30. The fourth-order valence-electron chi connectivity index (χ4n) is 2.18. The Morgan fingerprint density at radius 3 is 2.28 bits per heavy atom. The predicted octanol–water partition coefficient (Wildman–Crippen LogP) is 3.08. The van der Waals surface area contributed by atoms with Crippen LogP contribution in [0.3, 0.4) is 0 Å². The van der Waals surface area contributed by atoms with Gasteiger partial charge in [-0.1, -0.05) is 0 Å². The van der Waals surface area contributed by atoms with Crippen LogP contribution in [0.2, 0.25) is 0 Å². The Morgan fingerprint density at radius 2 is 1.80 bits per heavy atom. The van der Waals surface area contributed by atoms with Crippen molar-refractivity contribution in [2.45, 2.75) is 37.9 Å². The summed E-state index contributed by atoms with van der Waals surface area (Å²) in [5.41, 5.74) is -2.01. The van der Waals surface area contributed by atoms with E-state index in [0.717, 1.165) is 12.1 Å². The van der Waals surface area contributed by atoms with Crippen LogP contribution in [-0.4, -0.2) is 32.0 Å². The normalized spacial score (nSPS) is 13.4. The molecule has 0 spiro atoms. The van der Waals surface area contributed by atoms with Crippen molar-refractivity contribution in [3.05, 3.63) is 34.9 Å². The molecule has 1 aromatic rings. The van der Waals surface area contributed by atoms with E-state index in [0.29, 0.717) is 19.4 Å². The summed E-state index contributed by atoms with van der Waals surface area (Å²) in [5, 5.41) is 2.24. The van der Waals surface area contributed by atoms with E-state index in [4.69, 9.17) is 4.74 Å². The third-order valence-electron chi connectivity index (χ3n) is 3.48. The fraction of sp³-hybridized carbons (Fsp3) is 0.500. The first-order chi connectivity index (χ1) is 11.5. The minimum atomic E-state index is -4.78. The molecule has 0 radical (unpaired) electrons. The number of methoxy groups -OCH3 is 1. The van der Waals surface area contributed by atoms with Gasteiger partial charge in [0, 0.05) is 26.0 Å². The lowest BCUT2D eigenvalue weighted by atomic mass is 9.97. The molecule has 0 aliphatic rings. The number of hydrogen-bond acceptors (Lipinski definition) is 3. The lowest BCUT2D eigenvalue weighted by Crippen LogP contribution is -2.39. The number of ketones is 1. The fourth-order valence-corrected chi connectivity index (χ4v) is 2.18. The maximum absolute atomic E-state index is 13.4. The quantitative estimate of drug-likeness (QED) is 0.539. The number of Topliss-reactive ketones (excluding diaryl/α,β-unsaturated/α-hetero) is 1. The van der Waals surface area contributed by atoms with E-state index in [1.807, 2.05) is 0 Å². The molecule has 1 amide bonds. The third-order valence-corrected chi connectivity index (χ3v) is 3.48. The summed E-state index contributed by atoms with van der Waals surface area (Å²) in [5.74, 6) is -3.92. The maximum atomic E-state index is 13.4. The van der Waals surface area contributed by atoms with Crippen LogP contribution >= 0.6 is 0 Å². The van der Waals surface area contributed by atoms with Crippen LogP contribution in [0.1, 0.15) is 30.0 Å². The molecule has 4 nitrogen and oxygen atoms in total. The zero-order chi connectivity index (χ0) is 19.3. The average molecular weight is 367 g/mol. The molecular formula is C16H18F5NO3. The highest BCUT2D eigenvalue weighted by Gasteiger charge is 2.34. The van der Waals surface area contributed by atoms with Gasteiger partial charge in [-0.2, -0.15) is 13.2 Å². The number of nitrogens with one attached hydrogen (secondary N) is 1. The topological polar surface area (TPSA) is 55.4 Å². The van der Waals surface area contributed by atoms with Gasteiger partial charge in [-0.15, -0.1) is 0 Å². The van der Waals surface area contributed by atoms with E-state index in [2.05, 4.69) is 5.32 Å². The van der Waals surface area contributed by atoms with Gasteiger partial charge in [0.2, 0.25) is 6.41 Å². The van der Waals surface area contributed by atoms with Crippen molar-refractivity contribution in [2.24, 2.45) is 0 Å². The molecule has 0 aliphatic carbocycles. The predicted molar refractivity (Wildman–Crippen MR) is 79.2 cm³/mol. The summed E-state index contributed by atoms with van der Waals surface area (Å²) >= 11 is 0. The van der Waals surface area contributed by atoms with Gasteiger partial charge in [-0.25, -0.2) is 8.78 Å². The van der Waals surface area contributed by atoms with Crippen LogP contribution in [0.15, 0.2) is 18.2 Å². The Labute approximate surface area is 141 Å². The summed E-state index contributed by atoms with van der Waals surface area (Å²) in [4.78, 5) is 22.4. The molecule has 9 heteroatoms. The molecule has 0 unspecified atom stereocenters. The first kappa shape index (κ1) is 21.0. The lowest BCUT2D eigenvalue weighted by molar-refractivity contribution is -0.137. The van der Waals surface area contributed by atoms with E-state index in [9.17, 15) is 31.5 Å². The third kappa shape index (κ3) is 6.41. The van der Waals surface area contributed by atoms with Crippen molar-refractivity contribution >= 4 is 12.2 Å². The second-order valence-corrected chi connectivity index (χ2v) is 5.56. The molecule has 0 aliphatic heterocycles. The van der Waals surface area contributed by atoms with Crippen LogP contribution in [-0.2, 0) is 32.8 Å². The van der Waals surface area contributed by atoms with E-state index in [-0.39, 0.29) is 25.0 Å². The van der Waals surface area contributed by atoms with E-state index >= 15 is 0 Å². The Hall–Kier alpha value is -2.03. The Balaban J connectivity index is 3.01. The summed E-state index contributed by atoms with van der Waals surface area (Å²) in [6, 6.07) is 1.13. The van der Waals surface area contributed by atoms with Crippen molar-refractivity contribution in [2.75, 3.05) is 13.7 Å². The van der Waals surface area contributed by atoms with Crippen molar-refractivity contribution in [3.63, 3.8) is 0 Å². The number of carbonyl (C=O) groups is 2. The number of carbonyl (C=O) groups excluding carboxylic acids is 2. The summed E-state index contributed by atoms with van der Waals surface area (Å²) in [6.45, 7) is 0.401. The SMILES string of the molecule is COC[C@@H](NC=O)C(=O)CCc1cc(C(C)(F)F)cc(C(F)(F)F)c1. The van der Waals surface area contributed by atoms with Crippen LogP contribution in [0.5, 0.6) is 0 Å². The highest BCUT2D eigenvalue weighted by Crippen LogP contribution is 2.35. The number of benzene rings is 1. The average Bonchev–Trinajstić information content (AvgIpc) is 2.50. The molecule has 0 saturated carbocycles. The van der Waals surface area contributed by atoms with E-state index in [1.165, 1.54) is 7.11 Å². The lowest BCUT2D eigenvalue weighted by Gasteiger charge is -2.17. The molecule has 1 rings (SSSR count). The Bertz CT molecular complexity index is 579. The highest BCUT2D eigenvalue weighted by molar-refractivity contribution is 5.86. The zero-order valence-corrected chi connectivity index (χ0v) is 13.6. The van der Waals surface area contributed by atoms with Gasteiger partial charge in [0.1, 0.15) is 6.04 Å². The number of rotatable bonds is 9. The van der Waals surface area contributed by atoms with Crippen LogP contribution in [0.25, 0.3) is 0 Å². The number of alkyl halides is 5. The molecule has 1 aromatic carbocycles. The van der Waals surface area contributed by atoms with Crippen molar-refractivity contribution in [1.29, 1.82) is 0 Å².